The zero-order chi connectivity index (χ0) is 11.4. The summed E-state index contributed by atoms with van der Waals surface area (Å²) in [4.78, 5) is 4.45. The van der Waals surface area contributed by atoms with Gasteiger partial charge in [-0.25, -0.2) is 4.99 Å². The fraction of sp³-hybridized carbons (Fsp3) is 0.417. The topological polar surface area (TPSA) is 67.8 Å². The molecule has 1 aromatic rings. The number of aliphatic imine (C=N–C) groups is 1. The van der Waals surface area contributed by atoms with Gasteiger partial charge in [-0.15, -0.1) is 0 Å². The van der Waals surface area contributed by atoms with E-state index in [9.17, 15) is 0 Å². The Kier molecular flexibility index (Phi) is 3.41. The number of phenols is 1. The first kappa shape index (κ1) is 11.0. The first-order valence-corrected chi connectivity index (χ1v) is 5.45. The highest BCUT2D eigenvalue weighted by Gasteiger charge is 2.17. The van der Waals surface area contributed by atoms with E-state index in [1.165, 1.54) is 0 Å². The largest absolute Gasteiger partial charge is 0.508 e. The molecule has 0 spiro atoms. The molecule has 0 saturated carbocycles. The van der Waals surface area contributed by atoms with Crippen LogP contribution in [0.1, 0.15) is 12.0 Å². The van der Waals surface area contributed by atoms with Gasteiger partial charge in [-0.05, 0) is 30.7 Å². The molecular formula is C12H16N2O2. The van der Waals surface area contributed by atoms with Gasteiger partial charge < -0.3 is 15.6 Å². The van der Waals surface area contributed by atoms with Crippen LogP contribution in [0.25, 0.3) is 0 Å². The van der Waals surface area contributed by atoms with Crippen molar-refractivity contribution in [2.75, 3.05) is 13.2 Å². The first-order chi connectivity index (χ1) is 7.78. The molecule has 0 bridgehead atoms. The number of nitrogens with two attached hydrogens (primary N) is 1. The van der Waals surface area contributed by atoms with E-state index in [1.54, 1.807) is 12.1 Å². The second-order valence-electron chi connectivity index (χ2n) is 3.91. The summed E-state index contributed by atoms with van der Waals surface area (Å²) in [5, 5.41) is 9.15. The molecule has 0 aliphatic carbocycles. The van der Waals surface area contributed by atoms with E-state index >= 15 is 0 Å². The van der Waals surface area contributed by atoms with Gasteiger partial charge in [0.25, 0.3) is 0 Å². The molecule has 1 aromatic carbocycles. The van der Waals surface area contributed by atoms with E-state index in [-0.39, 0.29) is 11.8 Å². The maximum absolute atomic E-state index is 9.15. The van der Waals surface area contributed by atoms with Crippen LogP contribution in [0.15, 0.2) is 29.3 Å². The van der Waals surface area contributed by atoms with Gasteiger partial charge in [0.15, 0.2) is 5.90 Å². The summed E-state index contributed by atoms with van der Waals surface area (Å²) < 4.78 is 5.48. The van der Waals surface area contributed by atoms with Crippen LogP contribution >= 0.6 is 0 Å². The van der Waals surface area contributed by atoms with Crippen molar-refractivity contribution in [3.63, 3.8) is 0 Å². The highest BCUT2D eigenvalue weighted by molar-refractivity contribution is 5.80. The Bertz CT molecular complexity index is 373. The lowest BCUT2D eigenvalue weighted by Crippen LogP contribution is -2.12. The smallest absolute Gasteiger partial charge is 0.188 e. The third kappa shape index (κ3) is 2.73. The molecule has 1 unspecified atom stereocenters. The predicted octanol–water partition coefficient (Wildman–Crippen LogP) is 1.08. The lowest BCUT2D eigenvalue weighted by molar-refractivity contribution is 0.307. The summed E-state index contributed by atoms with van der Waals surface area (Å²) in [7, 11) is 0. The zero-order valence-electron chi connectivity index (χ0n) is 9.10. The van der Waals surface area contributed by atoms with Gasteiger partial charge in [0, 0.05) is 6.42 Å². The molecule has 0 radical (unpaired) electrons. The van der Waals surface area contributed by atoms with E-state index in [0.29, 0.717) is 19.6 Å². The van der Waals surface area contributed by atoms with Gasteiger partial charge in [-0.2, -0.15) is 0 Å². The van der Waals surface area contributed by atoms with Crippen molar-refractivity contribution in [1.29, 1.82) is 0 Å². The standard InChI is InChI=1S/C12H16N2O2/c13-6-5-10-8-16-12(14-10)7-9-1-3-11(15)4-2-9/h1-4,10,15H,5-8,13H2. The van der Waals surface area contributed by atoms with Crippen LogP contribution in [0, 0.1) is 0 Å². The number of hydrogen-bond acceptors (Lipinski definition) is 4. The van der Waals surface area contributed by atoms with Gasteiger partial charge in [-0.3, -0.25) is 0 Å². The Morgan fingerprint density at radius 2 is 2.12 bits per heavy atom. The summed E-state index contributed by atoms with van der Waals surface area (Å²) in [6, 6.07) is 7.30. The van der Waals surface area contributed by atoms with Crippen LogP contribution in [0.3, 0.4) is 0 Å². The van der Waals surface area contributed by atoms with Gasteiger partial charge in [0.05, 0.1) is 6.04 Å². The SMILES string of the molecule is NCCC1COC(Cc2ccc(O)cc2)=N1. The van der Waals surface area contributed by atoms with E-state index in [1.807, 2.05) is 12.1 Å². The molecular weight excluding hydrogens is 204 g/mol. The number of hydrogen-bond donors (Lipinski definition) is 2. The number of benzene rings is 1. The average Bonchev–Trinajstić information content (AvgIpc) is 2.70. The van der Waals surface area contributed by atoms with Crippen molar-refractivity contribution in [3.05, 3.63) is 29.8 Å². The van der Waals surface area contributed by atoms with Gasteiger partial charge >= 0.3 is 0 Å². The van der Waals surface area contributed by atoms with Crippen molar-refractivity contribution in [2.24, 2.45) is 10.7 Å². The summed E-state index contributed by atoms with van der Waals surface area (Å²) in [6.45, 7) is 1.29. The van der Waals surface area contributed by atoms with E-state index in [4.69, 9.17) is 15.6 Å². The molecule has 16 heavy (non-hydrogen) atoms. The molecule has 0 amide bonds. The Morgan fingerprint density at radius 3 is 2.81 bits per heavy atom. The molecule has 0 saturated heterocycles. The van der Waals surface area contributed by atoms with Gasteiger partial charge in [0.2, 0.25) is 0 Å². The summed E-state index contributed by atoms with van der Waals surface area (Å²) in [6.07, 6.45) is 1.56. The minimum atomic E-state index is 0.220. The predicted molar refractivity (Wildman–Crippen MR) is 62.7 cm³/mol. The Labute approximate surface area is 94.8 Å². The highest BCUT2D eigenvalue weighted by atomic mass is 16.5. The highest BCUT2D eigenvalue weighted by Crippen LogP contribution is 2.14. The van der Waals surface area contributed by atoms with Crippen LogP contribution in [0.5, 0.6) is 5.75 Å². The van der Waals surface area contributed by atoms with Gasteiger partial charge in [0.1, 0.15) is 12.4 Å². The number of nitrogens with zero attached hydrogens (tertiary/aromatic N) is 1. The Balaban J connectivity index is 1.95. The maximum Gasteiger partial charge on any atom is 0.188 e. The van der Waals surface area contributed by atoms with Crippen molar-refractivity contribution in [1.82, 2.24) is 0 Å². The fourth-order valence-electron chi connectivity index (χ4n) is 1.70. The second kappa shape index (κ2) is 4.99. The van der Waals surface area contributed by atoms with Crippen molar-refractivity contribution >= 4 is 5.90 Å². The molecule has 4 heteroatoms. The van der Waals surface area contributed by atoms with Crippen LogP contribution < -0.4 is 5.73 Å². The molecule has 1 atom stereocenters. The summed E-state index contributed by atoms with van der Waals surface area (Å²) in [5.41, 5.74) is 6.56. The third-order valence-corrected chi connectivity index (χ3v) is 2.56. The average molecular weight is 220 g/mol. The summed E-state index contributed by atoms with van der Waals surface area (Å²) >= 11 is 0. The molecule has 1 aliphatic rings. The quantitative estimate of drug-likeness (QED) is 0.797. The molecule has 3 N–H and O–H groups in total. The molecule has 0 fully saturated rings. The van der Waals surface area contributed by atoms with E-state index in [2.05, 4.69) is 4.99 Å². The maximum atomic E-state index is 9.15. The van der Waals surface area contributed by atoms with E-state index < -0.39 is 0 Å². The Hall–Kier alpha value is -1.55. The number of phenolic OH excluding ortho intramolecular Hbond substituents is 1. The molecule has 86 valence electrons. The van der Waals surface area contributed by atoms with Crippen molar-refractivity contribution < 1.29 is 9.84 Å². The third-order valence-electron chi connectivity index (χ3n) is 2.56. The Morgan fingerprint density at radius 1 is 1.38 bits per heavy atom. The molecule has 1 heterocycles. The molecule has 0 aromatic heterocycles. The van der Waals surface area contributed by atoms with E-state index in [0.717, 1.165) is 17.9 Å². The van der Waals surface area contributed by atoms with Crippen LogP contribution in [0.2, 0.25) is 0 Å². The first-order valence-electron chi connectivity index (χ1n) is 5.45. The van der Waals surface area contributed by atoms with Crippen LogP contribution in [0.4, 0.5) is 0 Å². The number of aromatic hydroxyl groups is 1. The second-order valence-corrected chi connectivity index (χ2v) is 3.91. The number of ether oxygens (including phenoxy) is 1. The molecule has 1 aliphatic heterocycles. The summed E-state index contributed by atoms with van der Waals surface area (Å²) in [5.74, 6) is 1.04. The van der Waals surface area contributed by atoms with Crippen LogP contribution in [-0.4, -0.2) is 30.2 Å². The van der Waals surface area contributed by atoms with Crippen molar-refractivity contribution in [3.8, 4) is 5.75 Å². The zero-order valence-corrected chi connectivity index (χ0v) is 9.10. The molecule has 2 rings (SSSR count). The lowest BCUT2D eigenvalue weighted by atomic mass is 10.1. The van der Waals surface area contributed by atoms with Crippen molar-refractivity contribution in [2.45, 2.75) is 18.9 Å². The molecule has 4 nitrogen and oxygen atoms in total. The minimum absolute atomic E-state index is 0.220. The lowest BCUT2D eigenvalue weighted by Gasteiger charge is -2.01. The normalized spacial score (nSPS) is 19.3. The van der Waals surface area contributed by atoms with Crippen LogP contribution in [-0.2, 0) is 11.2 Å². The van der Waals surface area contributed by atoms with Gasteiger partial charge in [-0.1, -0.05) is 12.1 Å². The number of rotatable bonds is 4. The fourth-order valence-corrected chi connectivity index (χ4v) is 1.70. The minimum Gasteiger partial charge on any atom is -0.508 e. The monoisotopic (exact) mass is 220 g/mol.